The van der Waals surface area contributed by atoms with E-state index in [4.69, 9.17) is 14.7 Å². The Morgan fingerprint density at radius 3 is 2.54 bits per heavy atom. The van der Waals surface area contributed by atoms with Crippen LogP contribution in [-0.4, -0.2) is 33.1 Å². The summed E-state index contributed by atoms with van der Waals surface area (Å²) in [4.78, 5) is 27.1. The fraction of sp³-hybridized carbons (Fsp3) is 0.500. The Hall–Kier alpha value is -3.22. The SMILES string of the molecule is CCCCC(CC)(Nc1nc(NCc2ccc(CC)cc2CC)nc2cccnc12)C(=O)OCC. The third-order valence-corrected chi connectivity index (χ3v) is 6.54. The van der Waals surface area contributed by atoms with Crippen molar-refractivity contribution in [3.8, 4) is 0 Å². The maximum atomic E-state index is 13.1. The Labute approximate surface area is 209 Å². The van der Waals surface area contributed by atoms with Crippen molar-refractivity contribution in [2.75, 3.05) is 17.2 Å². The molecule has 2 N–H and O–H groups in total. The van der Waals surface area contributed by atoms with E-state index in [1.807, 2.05) is 26.0 Å². The third-order valence-electron chi connectivity index (χ3n) is 6.54. The van der Waals surface area contributed by atoms with Gasteiger partial charge in [0.15, 0.2) is 5.82 Å². The number of hydrogen-bond donors (Lipinski definition) is 2. The van der Waals surface area contributed by atoms with E-state index in [1.54, 1.807) is 6.20 Å². The number of carbonyl (C=O) groups excluding carboxylic acids is 1. The second kappa shape index (κ2) is 12.5. The van der Waals surface area contributed by atoms with E-state index in [0.29, 0.717) is 48.8 Å². The summed E-state index contributed by atoms with van der Waals surface area (Å²) in [6, 6.07) is 10.4. The van der Waals surface area contributed by atoms with E-state index in [1.165, 1.54) is 16.7 Å². The largest absolute Gasteiger partial charge is 0.464 e. The molecule has 3 rings (SSSR count). The van der Waals surface area contributed by atoms with E-state index >= 15 is 0 Å². The highest BCUT2D eigenvalue weighted by Crippen LogP contribution is 2.29. The monoisotopic (exact) mass is 477 g/mol. The van der Waals surface area contributed by atoms with E-state index in [2.05, 4.69) is 54.6 Å². The van der Waals surface area contributed by atoms with Crippen molar-refractivity contribution in [1.29, 1.82) is 0 Å². The van der Waals surface area contributed by atoms with Crippen LogP contribution in [0.25, 0.3) is 11.0 Å². The maximum absolute atomic E-state index is 13.1. The number of unbranched alkanes of at least 4 members (excludes halogenated alkanes) is 1. The molecule has 0 aliphatic carbocycles. The number of fused-ring (bicyclic) bond motifs is 1. The minimum Gasteiger partial charge on any atom is -0.464 e. The number of esters is 1. The van der Waals surface area contributed by atoms with Crippen LogP contribution in [0.3, 0.4) is 0 Å². The molecule has 0 saturated carbocycles. The molecule has 0 fully saturated rings. The average Bonchev–Trinajstić information content (AvgIpc) is 2.89. The van der Waals surface area contributed by atoms with E-state index in [-0.39, 0.29) is 5.97 Å². The second-order valence-corrected chi connectivity index (χ2v) is 8.82. The molecule has 3 aromatic rings. The molecule has 0 saturated heterocycles. The van der Waals surface area contributed by atoms with Crippen LogP contribution < -0.4 is 10.6 Å². The summed E-state index contributed by atoms with van der Waals surface area (Å²) in [5.41, 5.74) is 4.38. The summed E-state index contributed by atoms with van der Waals surface area (Å²) >= 11 is 0. The molecule has 0 radical (unpaired) electrons. The van der Waals surface area contributed by atoms with Crippen molar-refractivity contribution in [1.82, 2.24) is 15.0 Å². The van der Waals surface area contributed by atoms with E-state index in [9.17, 15) is 4.79 Å². The van der Waals surface area contributed by atoms with Gasteiger partial charge in [-0.2, -0.15) is 4.98 Å². The summed E-state index contributed by atoms with van der Waals surface area (Å²) in [5, 5.41) is 6.85. The van der Waals surface area contributed by atoms with Gasteiger partial charge in [-0.25, -0.2) is 9.78 Å². The molecule has 1 aromatic carbocycles. The van der Waals surface area contributed by atoms with Crippen molar-refractivity contribution in [2.24, 2.45) is 0 Å². The Kier molecular flexibility index (Phi) is 9.40. The molecule has 0 aliphatic heterocycles. The molecular formula is C28H39N5O2. The minimum atomic E-state index is -0.868. The molecule has 0 spiro atoms. The number of nitrogens with zero attached hydrogens (tertiary/aromatic N) is 3. The number of benzene rings is 1. The fourth-order valence-electron chi connectivity index (χ4n) is 4.31. The van der Waals surface area contributed by atoms with Gasteiger partial charge < -0.3 is 15.4 Å². The van der Waals surface area contributed by atoms with Gasteiger partial charge in [-0.3, -0.25) is 4.98 Å². The Morgan fingerprint density at radius 1 is 1.03 bits per heavy atom. The number of rotatable bonds is 13. The number of anilines is 2. The summed E-state index contributed by atoms with van der Waals surface area (Å²) in [6.07, 6.45) is 6.82. The lowest BCUT2D eigenvalue weighted by Crippen LogP contribution is -2.47. The fourth-order valence-corrected chi connectivity index (χ4v) is 4.31. The van der Waals surface area contributed by atoms with Crippen molar-refractivity contribution in [2.45, 2.75) is 85.2 Å². The van der Waals surface area contributed by atoms with Gasteiger partial charge in [-0.15, -0.1) is 0 Å². The van der Waals surface area contributed by atoms with E-state index < -0.39 is 5.54 Å². The number of pyridine rings is 1. The van der Waals surface area contributed by atoms with Crippen LogP contribution in [0.2, 0.25) is 0 Å². The molecule has 1 atom stereocenters. The number of carbonyl (C=O) groups is 1. The van der Waals surface area contributed by atoms with Gasteiger partial charge in [-0.05, 0) is 61.4 Å². The molecule has 188 valence electrons. The number of hydrogen-bond acceptors (Lipinski definition) is 7. The van der Waals surface area contributed by atoms with E-state index in [0.717, 1.165) is 25.7 Å². The van der Waals surface area contributed by atoms with Gasteiger partial charge in [0.05, 0.1) is 12.1 Å². The van der Waals surface area contributed by atoms with Crippen molar-refractivity contribution < 1.29 is 9.53 Å². The first kappa shape index (κ1) is 26.4. The summed E-state index contributed by atoms with van der Waals surface area (Å²) in [7, 11) is 0. The Morgan fingerprint density at radius 2 is 1.86 bits per heavy atom. The number of aryl methyl sites for hydroxylation is 2. The Bertz CT molecular complexity index is 1130. The third kappa shape index (κ3) is 6.27. The summed E-state index contributed by atoms with van der Waals surface area (Å²) in [5.74, 6) is 0.789. The smallest absolute Gasteiger partial charge is 0.331 e. The molecule has 0 amide bonds. The predicted octanol–water partition coefficient (Wildman–Crippen LogP) is 6.08. The molecule has 7 heteroatoms. The predicted molar refractivity (Wildman–Crippen MR) is 143 cm³/mol. The highest BCUT2D eigenvalue weighted by Gasteiger charge is 2.38. The van der Waals surface area contributed by atoms with Crippen molar-refractivity contribution in [3.63, 3.8) is 0 Å². The minimum absolute atomic E-state index is 0.253. The van der Waals surface area contributed by atoms with Crippen LogP contribution in [0.1, 0.15) is 77.0 Å². The number of ether oxygens (including phenoxy) is 1. The van der Waals surface area contributed by atoms with Crippen LogP contribution in [0.5, 0.6) is 0 Å². The molecule has 2 aromatic heterocycles. The van der Waals surface area contributed by atoms with Gasteiger partial charge in [0.25, 0.3) is 0 Å². The first-order chi connectivity index (χ1) is 17.0. The molecule has 7 nitrogen and oxygen atoms in total. The van der Waals surface area contributed by atoms with Crippen LogP contribution in [0.15, 0.2) is 36.5 Å². The highest BCUT2D eigenvalue weighted by atomic mass is 16.5. The quantitative estimate of drug-likeness (QED) is 0.289. The summed E-state index contributed by atoms with van der Waals surface area (Å²) < 4.78 is 5.48. The Balaban J connectivity index is 1.96. The molecule has 35 heavy (non-hydrogen) atoms. The summed E-state index contributed by atoms with van der Waals surface area (Å²) in [6.45, 7) is 11.2. The molecule has 0 bridgehead atoms. The van der Waals surface area contributed by atoms with Crippen molar-refractivity contribution >= 4 is 28.8 Å². The maximum Gasteiger partial charge on any atom is 0.331 e. The van der Waals surface area contributed by atoms with Gasteiger partial charge in [0.2, 0.25) is 5.95 Å². The molecule has 1 unspecified atom stereocenters. The first-order valence-corrected chi connectivity index (χ1v) is 12.9. The number of nitrogens with one attached hydrogen (secondary N) is 2. The van der Waals surface area contributed by atoms with Crippen LogP contribution in [0, 0.1) is 0 Å². The van der Waals surface area contributed by atoms with Gasteiger partial charge >= 0.3 is 5.97 Å². The first-order valence-electron chi connectivity index (χ1n) is 12.9. The van der Waals surface area contributed by atoms with Gasteiger partial charge in [0.1, 0.15) is 11.1 Å². The lowest BCUT2D eigenvalue weighted by molar-refractivity contribution is -0.149. The molecule has 2 heterocycles. The average molecular weight is 478 g/mol. The van der Waals surface area contributed by atoms with Crippen LogP contribution in [0.4, 0.5) is 11.8 Å². The molecular weight excluding hydrogens is 438 g/mol. The number of aromatic nitrogens is 3. The van der Waals surface area contributed by atoms with Crippen molar-refractivity contribution in [3.05, 3.63) is 53.2 Å². The second-order valence-electron chi connectivity index (χ2n) is 8.82. The highest BCUT2D eigenvalue weighted by molar-refractivity contribution is 5.91. The van der Waals surface area contributed by atoms with Gasteiger partial charge in [-0.1, -0.05) is 58.7 Å². The normalized spacial score (nSPS) is 12.8. The topological polar surface area (TPSA) is 89.0 Å². The standard InChI is InChI=1S/C28H39N5O2/c1-6-11-16-28(9-4,26(34)35-10-5)33-25-24-23(13-12-17-29-24)31-27(32-25)30-19-22-15-14-20(7-2)18-21(22)8-3/h12-15,17-18H,6-11,16,19H2,1-5H3,(H2,30,31,32,33). The zero-order valence-electron chi connectivity index (χ0n) is 21.8. The zero-order valence-corrected chi connectivity index (χ0v) is 21.8. The zero-order chi connectivity index (χ0) is 25.3. The van der Waals surface area contributed by atoms with Gasteiger partial charge in [0, 0.05) is 12.7 Å². The molecule has 0 aliphatic rings. The lowest BCUT2D eigenvalue weighted by atomic mass is 9.89. The van der Waals surface area contributed by atoms with Crippen LogP contribution in [-0.2, 0) is 28.9 Å². The lowest BCUT2D eigenvalue weighted by Gasteiger charge is -2.32. The van der Waals surface area contributed by atoms with Crippen LogP contribution >= 0.6 is 0 Å².